The zero-order chi connectivity index (χ0) is 14.3. The van der Waals surface area contributed by atoms with Gasteiger partial charge in [-0.1, -0.05) is 0 Å². The van der Waals surface area contributed by atoms with Gasteiger partial charge in [-0.15, -0.1) is 0 Å². The van der Waals surface area contributed by atoms with Crippen molar-refractivity contribution >= 4 is 0 Å². The predicted octanol–water partition coefficient (Wildman–Crippen LogP) is 3.26. The van der Waals surface area contributed by atoms with Crippen LogP contribution in [0.25, 0.3) is 0 Å². The molecule has 0 radical (unpaired) electrons. The van der Waals surface area contributed by atoms with Gasteiger partial charge in [0, 0.05) is 24.8 Å². The average molecular weight is 290 g/mol. The third kappa shape index (κ3) is 2.33. The van der Waals surface area contributed by atoms with Crippen LogP contribution in [0, 0.1) is 5.41 Å². The van der Waals surface area contributed by atoms with Crippen molar-refractivity contribution in [3.63, 3.8) is 0 Å². The van der Waals surface area contributed by atoms with Crippen LogP contribution in [-0.2, 0) is 21.4 Å². The maximum Gasteiger partial charge on any atom is 0.157 e. The van der Waals surface area contributed by atoms with E-state index in [9.17, 15) is 0 Å². The third-order valence-corrected chi connectivity index (χ3v) is 5.78. The van der Waals surface area contributed by atoms with Crippen molar-refractivity contribution in [2.75, 3.05) is 13.2 Å². The molecule has 1 atom stereocenters. The molecule has 5 rings (SSSR count). The van der Waals surface area contributed by atoms with E-state index in [1.165, 1.54) is 44.2 Å². The molecule has 0 N–H and O–H groups in total. The summed E-state index contributed by atoms with van der Waals surface area (Å²) in [7, 11) is 0. The van der Waals surface area contributed by atoms with Gasteiger partial charge in [0.05, 0.1) is 12.3 Å². The van der Waals surface area contributed by atoms with Gasteiger partial charge in [0.2, 0.25) is 0 Å². The second-order valence-electron chi connectivity index (χ2n) is 7.30. The summed E-state index contributed by atoms with van der Waals surface area (Å²) in [5.41, 5.74) is 2.08. The molecule has 1 saturated heterocycles. The van der Waals surface area contributed by atoms with Gasteiger partial charge < -0.3 is 9.47 Å². The number of fused-ring (bicyclic) bond motifs is 1. The Balaban J connectivity index is 1.35. The van der Waals surface area contributed by atoms with Crippen LogP contribution in [0.15, 0.2) is 12.3 Å². The van der Waals surface area contributed by atoms with E-state index in [4.69, 9.17) is 14.6 Å². The first-order valence-corrected chi connectivity index (χ1v) is 8.51. The van der Waals surface area contributed by atoms with E-state index >= 15 is 0 Å². The molecule has 3 saturated carbocycles. The molecule has 0 amide bonds. The van der Waals surface area contributed by atoms with Gasteiger partial charge in [-0.2, -0.15) is 5.10 Å². The van der Waals surface area contributed by atoms with E-state index in [2.05, 4.69) is 23.9 Å². The Morgan fingerprint density at radius 3 is 3.00 bits per heavy atom. The zero-order valence-corrected chi connectivity index (χ0v) is 13.0. The number of aromatic nitrogens is 2. The molecule has 1 aromatic heterocycles. The largest absolute Gasteiger partial charge is 0.353 e. The first kappa shape index (κ1) is 13.8. The van der Waals surface area contributed by atoms with Crippen LogP contribution in [0.5, 0.6) is 0 Å². The van der Waals surface area contributed by atoms with Gasteiger partial charge in [0.1, 0.15) is 0 Å². The van der Waals surface area contributed by atoms with Crippen LogP contribution < -0.4 is 0 Å². The molecular weight excluding hydrogens is 264 g/mol. The topological polar surface area (TPSA) is 36.3 Å². The monoisotopic (exact) mass is 290 g/mol. The van der Waals surface area contributed by atoms with Gasteiger partial charge in [-0.3, -0.25) is 4.68 Å². The molecular formula is C17H26N2O2. The molecule has 2 heterocycles. The molecule has 1 aromatic rings. The molecule has 21 heavy (non-hydrogen) atoms. The van der Waals surface area contributed by atoms with Crippen LogP contribution in [0.4, 0.5) is 0 Å². The zero-order valence-electron chi connectivity index (χ0n) is 13.0. The highest BCUT2D eigenvalue weighted by Crippen LogP contribution is 2.67. The Kier molecular flexibility index (Phi) is 3.34. The number of hydrogen-bond donors (Lipinski definition) is 0. The molecule has 116 valence electrons. The number of hydrogen-bond acceptors (Lipinski definition) is 3. The van der Waals surface area contributed by atoms with Crippen LogP contribution in [-0.4, -0.2) is 29.3 Å². The lowest BCUT2D eigenvalue weighted by atomic mass is 9.59. The van der Waals surface area contributed by atoms with E-state index in [1.54, 1.807) is 0 Å². The fourth-order valence-corrected chi connectivity index (χ4v) is 4.66. The molecule has 4 fully saturated rings. The molecule has 4 aliphatic rings. The Morgan fingerprint density at radius 1 is 1.38 bits per heavy atom. The van der Waals surface area contributed by atoms with Gasteiger partial charge in [0.15, 0.2) is 6.29 Å². The second-order valence-corrected chi connectivity index (χ2v) is 7.30. The molecule has 0 aromatic carbocycles. The summed E-state index contributed by atoms with van der Waals surface area (Å²) < 4.78 is 13.8. The predicted molar refractivity (Wildman–Crippen MR) is 80.0 cm³/mol. The highest BCUT2D eigenvalue weighted by Gasteiger charge is 2.62. The fraction of sp³-hybridized carbons (Fsp3) is 0.824. The number of ether oxygens (including phenoxy) is 2. The summed E-state index contributed by atoms with van der Waals surface area (Å²) in [4.78, 5) is 0. The molecule has 4 nitrogen and oxygen atoms in total. The third-order valence-electron chi connectivity index (χ3n) is 5.78. The van der Waals surface area contributed by atoms with Crippen LogP contribution >= 0.6 is 0 Å². The quantitative estimate of drug-likeness (QED) is 0.835. The minimum Gasteiger partial charge on any atom is -0.353 e. The van der Waals surface area contributed by atoms with Crippen molar-refractivity contribution in [3.05, 3.63) is 18.0 Å². The van der Waals surface area contributed by atoms with Crippen LogP contribution in [0.3, 0.4) is 0 Å². The minimum absolute atomic E-state index is 0.0584. The normalized spacial score (nSPS) is 38.4. The van der Waals surface area contributed by atoms with Gasteiger partial charge >= 0.3 is 0 Å². The average Bonchev–Trinajstić information content (AvgIpc) is 3.19. The van der Waals surface area contributed by atoms with E-state index in [0.717, 1.165) is 26.2 Å². The summed E-state index contributed by atoms with van der Waals surface area (Å²) in [5.74, 6) is 0. The van der Waals surface area contributed by atoms with Crippen molar-refractivity contribution < 1.29 is 9.47 Å². The van der Waals surface area contributed by atoms with Crippen molar-refractivity contribution in [3.8, 4) is 0 Å². The van der Waals surface area contributed by atoms with Crippen molar-refractivity contribution in [2.45, 2.75) is 70.1 Å². The van der Waals surface area contributed by atoms with Crippen LogP contribution in [0.2, 0.25) is 0 Å². The molecule has 3 aliphatic carbocycles. The number of aryl methyl sites for hydroxylation is 1. The Bertz CT molecular complexity index is 499. The van der Waals surface area contributed by atoms with E-state index in [1.807, 2.05) is 0 Å². The fourth-order valence-electron chi connectivity index (χ4n) is 4.66. The summed E-state index contributed by atoms with van der Waals surface area (Å²) >= 11 is 0. The maximum absolute atomic E-state index is 6.07. The van der Waals surface area contributed by atoms with Gasteiger partial charge in [-0.25, -0.2) is 0 Å². The lowest BCUT2D eigenvalue weighted by Crippen LogP contribution is -2.44. The van der Waals surface area contributed by atoms with Crippen molar-refractivity contribution in [1.82, 2.24) is 9.78 Å². The van der Waals surface area contributed by atoms with E-state index in [-0.39, 0.29) is 6.29 Å². The Hall–Kier alpha value is -0.870. The molecule has 0 spiro atoms. The van der Waals surface area contributed by atoms with Gasteiger partial charge in [-0.05, 0) is 63.4 Å². The second kappa shape index (κ2) is 5.10. The molecule has 1 aliphatic heterocycles. The number of nitrogens with zero attached hydrogens (tertiary/aromatic N) is 2. The van der Waals surface area contributed by atoms with E-state index < -0.39 is 0 Å². The Labute approximate surface area is 126 Å². The summed E-state index contributed by atoms with van der Waals surface area (Å²) in [6.07, 6.45) is 10.8. The van der Waals surface area contributed by atoms with Crippen LogP contribution in [0.1, 0.15) is 57.6 Å². The summed E-state index contributed by atoms with van der Waals surface area (Å²) in [5, 5.41) is 4.75. The SMILES string of the molecule is CCn1ccc(C23CCC(COC4CCCCO4)(C2)C3)n1. The summed E-state index contributed by atoms with van der Waals surface area (Å²) in [6, 6.07) is 2.23. The standard InChI is InChI=1S/C17H26N2O2/c1-2-19-9-6-14(18-19)17-8-7-16(11-17,12-17)13-21-15-5-3-4-10-20-15/h6,9,15H,2-5,7-8,10-13H2,1H3. The maximum atomic E-state index is 6.07. The Morgan fingerprint density at radius 2 is 2.29 bits per heavy atom. The van der Waals surface area contributed by atoms with Crippen molar-refractivity contribution in [1.29, 1.82) is 0 Å². The highest BCUT2D eigenvalue weighted by molar-refractivity contribution is 5.28. The first-order chi connectivity index (χ1) is 10.2. The number of rotatable bonds is 5. The van der Waals surface area contributed by atoms with E-state index in [0.29, 0.717) is 10.8 Å². The minimum atomic E-state index is 0.0584. The lowest BCUT2D eigenvalue weighted by molar-refractivity contribution is -0.186. The highest BCUT2D eigenvalue weighted by atomic mass is 16.7. The molecule has 4 heteroatoms. The lowest BCUT2D eigenvalue weighted by Gasteiger charge is -2.47. The first-order valence-electron chi connectivity index (χ1n) is 8.51. The molecule has 2 bridgehead atoms. The van der Waals surface area contributed by atoms with Crippen molar-refractivity contribution in [2.24, 2.45) is 5.41 Å². The smallest absolute Gasteiger partial charge is 0.157 e. The van der Waals surface area contributed by atoms with Gasteiger partial charge in [0.25, 0.3) is 0 Å². The molecule has 1 unspecified atom stereocenters. The summed E-state index contributed by atoms with van der Waals surface area (Å²) in [6.45, 7) is 4.86.